The molecule has 110 valence electrons. The third kappa shape index (κ3) is 7.82. The van der Waals surface area contributed by atoms with Gasteiger partial charge in [-0.1, -0.05) is 13.0 Å². The minimum Gasteiger partial charge on any atom is -0.354 e. The zero-order chi connectivity index (χ0) is 13.4. The van der Waals surface area contributed by atoms with Crippen molar-refractivity contribution in [2.24, 2.45) is 11.7 Å². The highest BCUT2D eigenvalue weighted by Crippen LogP contribution is 2.13. The Morgan fingerprint density at radius 1 is 1.58 bits per heavy atom. The second kappa shape index (κ2) is 10.5. The number of halogens is 1. The van der Waals surface area contributed by atoms with E-state index in [2.05, 4.69) is 29.8 Å². The highest BCUT2D eigenvalue weighted by atomic mass is 35.5. The number of nitrogens with one attached hydrogen (secondary N) is 1. The topological polar surface area (TPSA) is 55.1 Å². The van der Waals surface area contributed by atoms with Gasteiger partial charge in [0.2, 0.25) is 5.91 Å². The Labute approximate surface area is 130 Å². The molecule has 0 radical (unpaired) electrons. The number of thioether (sulfide) groups is 1. The van der Waals surface area contributed by atoms with Gasteiger partial charge in [-0.05, 0) is 42.2 Å². The monoisotopic (exact) mass is 322 g/mol. The standard InChI is InChI=1S/C13H22N2OS2.ClH/c1-10(8-11-4-3-6-18-11)9-15-13(16)12(14)5-7-17-2;/h3-4,6,10,12H,5,7-9,14H2,1-2H3,(H,15,16);1H/t10?,12-;/m0./s1. The SMILES string of the molecule is CSCC[C@H](N)C(=O)NCC(C)Cc1cccs1.Cl. The number of carbonyl (C=O) groups excluding carboxylic acids is 1. The summed E-state index contributed by atoms with van der Waals surface area (Å²) in [4.78, 5) is 13.1. The molecule has 0 aliphatic heterocycles. The maximum absolute atomic E-state index is 11.7. The summed E-state index contributed by atoms with van der Waals surface area (Å²) < 4.78 is 0. The van der Waals surface area contributed by atoms with Crippen LogP contribution >= 0.6 is 35.5 Å². The maximum atomic E-state index is 11.7. The lowest BCUT2D eigenvalue weighted by Gasteiger charge is -2.15. The molecule has 3 N–H and O–H groups in total. The first-order chi connectivity index (χ1) is 8.63. The van der Waals surface area contributed by atoms with E-state index >= 15 is 0 Å². The molecule has 3 nitrogen and oxygen atoms in total. The van der Waals surface area contributed by atoms with Gasteiger partial charge in [0.05, 0.1) is 6.04 Å². The van der Waals surface area contributed by atoms with Crippen LogP contribution < -0.4 is 11.1 Å². The molecule has 6 heteroatoms. The highest BCUT2D eigenvalue weighted by molar-refractivity contribution is 7.98. The lowest BCUT2D eigenvalue weighted by atomic mass is 10.1. The number of hydrogen-bond donors (Lipinski definition) is 2. The van der Waals surface area contributed by atoms with Crippen molar-refractivity contribution in [1.82, 2.24) is 5.32 Å². The lowest BCUT2D eigenvalue weighted by Crippen LogP contribution is -2.42. The predicted octanol–water partition coefficient (Wildman–Crippen LogP) is 2.55. The van der Waals surface area contributed by atoms with E-state index in [0.29, 0.717) is 12.5 Å². The van der Waals surface area contributed by atoms with Crippen molar-refractivity contribution >= 4 is 41.4 Å². The zero-order valence-electron chi connectivity index (χ0n) is 11.4. The van der Waals surface area contributed by atoms with Crippen molar-refractivity contribution in [3.63, 3.8) is 0 Å². The molecule has 1 rings (SSSR count). The van der Waals surface area contributed by atoms with Crippen molar-refractivity contribution in [3.8, 4) is 0 Å². The molecule has 1 amide bonds. The molecular weight excluding hydrogens is 300 g/mol. The van der Waals surface area contributed by atoms with Crippen LogP contribution in [0.5, 0.6) is 0 Å². The first-order valence-corrected chi connectivity index (χ1v) is 8.45. The summed E-state index contributed by atoms with van der Waals surface area (Å²) in [7, 11) is 0. The summed E-state index contributed by atoms with van der Waals surface area (Å²) >= 11 is 3.48. The fraction of sp³-hybridized carbons (Fsp3) is 0.615. The number of amides is 1. The fourth-order valence-electron chi connectivity index (χ4n) is 1.63. The Morgan fingerprint density at radius 3 is 2.89 bits per heavy atom. The lowest BCUT2D eigenvalue weighted by molar-refractivity contribution is -0.122. The van der Waals surface area contributed by atoms with Gasteiger partial charge in [-0.25, -0.2) is 0 Å². The van der Waals surface area contributed by atoms with Crippen LogP contribution in [0.3, 0.4) is 0 Å². The molecule has 0 bridgehead atoms. The number of nitrogens with two attached hydrogens (primary N) is 1. The molecule has 0 fully saturated rings. The molecule has 0 saturated carbocycles. The normalized spacial score (nSPS) is 13.4. The number of carbonyl (C=O) groups is 1. The van der Waals surface area contributed by atoms with E-state index in [1.54, 1.807) is 23.1 Å². The summed E-state index contributed by atoms with van der Waals surface area (Å²) in [5.41, 5.74) is 5.80. The van der Waals surface area contributed by atoms with E-state index in [1.807, 2.05) is 6.26 Å². The van der Waals surface area contributed by atoms with Crippen LogP contribution in [-0.4, -0.2) is 30.5 Å². The van der Waals surface area contributed by atoms with Crippen LogP contribution in [-0.2, 0) is 11.2 Å². The second-order valence-corrected chi connectivity index (χ2v) is 6.54. The van der Waals surface area contributed by atoms with Gasteiger partial charge < -0.3 is 11.1 Å². The van der Waals surface area contributed by atoms with Crippen LogP contribution in [0, 0.1) is 5.92 Å². The molecule has 0 aromatic carbocycles. The van der Waals surface area contributed by atoms with Crippen molar-refractivity contribution in [2.45, 2.75) is 25.8 Å². The van der Waals surface area contributed by atoms with E-state index in [1.165, 1.54) is 4.88 Å². The number of rotatable bonds is 8. The molecule has 19 heavy (non-hydrogen) atoms. The first-order valence-electron chi connectivity index (χ1n) is 6.18. The minimum absolute atomic E-state index is 0. The second-order valence-electron chi connectivity index (χ2n) is 4.52. The Balaban J connectivity index is 0.00000324. The zero-order valence-corrected chi connectivity index (χ0v) is 13.9. The molecule has 1 aromatic rings. The maximum Gasteiger partial charge on any atom is 0.236 e. The van der Waals surface area contributed by atoms with Gasteiger partial charge in [0, 0.05) is 11.4 Å². The van der Waals surface area contributed by atoms with E-state index in [0.717, 1.165) is 18.6 Å². The van der Waals surface area contributed by atoms with Gasteiger partial charge >= 0.3 is 0 Å². The summed E-state index contributed by atoms with van der Waals surface area (Å²) in [6.45, 7) is 2.84. The van der Waals surface area contributed by atoms with E-state index in [9.17, 15) is 4.79 Å². The highest BCUT2D eigenvalue weighted by Gasteiger charge is 2.13. The minimum atomic E-state index is -0.369. The summed E-state index contributed by atoms with van der Waals surface area (Å²) in [6.07, 6.45) is 3.78. The Morgan fingerprint density at radius 2 is 2.32 bits per heavy atom. The Hall–Kier alpha value is -0.230. The number of thiophene rings is 1. The molecule has 1 heterocycles. The third-order valence-corrected chi connectivity index (χ3v) is 4.27. The largest absolute Gasteiger partial charge is 0.354 e. The quantitative estimate of drug-likeness (QED) is 0.773. The molecule has 0 aliphatic rings. The fourth-order valence-corrected chi connectivity index (χ4v) is 2.99. The molecule has 0 spiro atoms. The van der Waals surface area contributed by atoms with Gasteiger partial charge in [-0.15, -0.1) is 23.7 Å². The van der Waals surface area contributed by atoms with E-state index in [-0.39, 0.29) is 24.4 Å². The Kier molecular flexibility index (Phi) is 10.4. The average Bonchev–Trinajstić information content (AvgIpc) is 2.85. The molecular formula is C13H23ClN2OS2. The summed E-state index contributed by atoms with van der Waals surface area (Å²) in [5.74, 6) is 1.35. The third-order valence-electron chi connectivity index (χ3n) is 2.72. The molecule has 2 atom stereocenters. The van der Waals surface area contributed by atoms with Gasteiger partial charge in [-0.3, -0.25) is 4.79 Å². The molecule has 1 unspecified atom stereocenters. The summed E-state index contributed by atoms with van der Waals surface area (Å²) in [6, 6.07) is 3.82. The van der Waals surface area contributed by atoms with Crippen molar-refractivity contribution < 1.29 is 4.79 Å². The van der Waals surface area contributed by atoms with Gasteiger partial charge in [0.1, 0.15) is 0 Å². The first kappa shape index (κ1) is 18.8. The van der Waals surface area contributed by atoms with Crippen molar-refractivity contribution in [2.75, 3.05) is 18.6 Å². The van der Waals surface area contributed by atoms with Gasteiger partial charge in [-0.2, -0.15) is 11.8 Å². The van der Waals surface area contributed by atoms with Crippen LogP contribution in [0.4, 0.5) is 0 Å². The van der Waals surface area contributed by atoms with E-state index in [4.69, 9.17) is 5.73 Å². The predicted molar refractivity (Wildman–Crippen MR) is 88.4 cm³/mol. The van der Waals surface area contributed by atoms with Gasteiger partial charge in [0.15, 0.2) is 0 Å². The smallest absolute Gasteiger partial charge is 0.236 e. The molecule has 0 aliphatic carbocycles. The Bertz CT molecular complexity index is 346. The van der Waals surface area contributed by atoms with E-state index < -0.39 is 0 Å². The molecule has 1 aromatic heterocycles. The summed E-state index contributed by atoms with van der Waals surface area (Å²) in [5, 5.41) is 5.02. The van der Waals surface area contributed by atoms with Crippen molar-refractivity contribution in [1.29, 1.82) is 0 Å². The van der Waals surface area contributed by atoms with Crippen LogP contribution in [0.2, 0.25) is 0 Å². The number of hydrogen-bond acceptors (Lipinski definition) is 4. The van der Waals surface area contributed by atoms with Gasteiger partial charge in [0.25, 0.3) is 0 Å². The van der Waals surface area contributed by atoms with Crippen LogP contribution in [0.15, 0.2) is 17.5 Å². The van der Waals surface area contributed by atoms with Crippen LogP contribution in [0.25, 0.3) is 0 Å². The average molecular weight is 323 g/mol. The van der Waals surface area contributed by atoms with Crippen molar-refractivity contribution in [3.05, 3.63) is 22.4 Å². The molecule has 0 saturated heterocycles. The van der Waals surface area contributed by atoms with Crippen LogP contribution in [0.1, 0.15) is 18.2 Å².